The van der Waals surface area contributed by atoms with Crippen LogP contribution < -0.4 is 9.64 Å². The van der Waals surface area contributed by atoms with E-state index < -0.39 is 11.6 Å². The molecule has 156 valence electrons. The zero-order valence-electron chi connectivity index (χ0n) is 16.8. The molecule has 1 unspecified atom stereocenters. The van der Waals surface area contributed by atoms with Crippen LogP contribution in [0.1, 0.15) is 24.2 Å². The molecule has 8 heteroatoms. The van der Waals surface area contributed by atoms with Gasteiger partial charge in [0.1, 0.15) is 12.3 Å². The molecule has 4 rings (SSSR count). The lowest BCUT2D eigenvalue weighted by Gasteiger charge is -2.36. The number of anilines is 1. The fourth-order valence-corrected chi connectivity index (χ4v) is 3.59. The summed E-state index contributed by atoms with van der Waals surface area (Å²) in [6.07, 6.45) is 4.15. The quantitative estimate of drug-likeness (QED) is 0.571. The standard InChI is InChI=1S/C22H22F2N4O2/c1-14-16-13-26-22(19-5-3-4-7-25-19)27-18(16)6-8-28(14)15-11-17(23)21(24)20(12-15)30-10-9-29-2/h3-5,7,11-14H,6,8-10H2,1-2H3. The van der Waals surface area contributed by atoms with Gasteiger partial charge in [-0.25, -0.2) is 14.4 Å². The molecule has 0 radical (unpaired) electrons. The molecule has 30 heavy (non-hydrogen) atoms. The van der Waals surface area contributed by atoms with Crippen LogP contribution in [-0.2, 0) is 11.2 Å². The number of pyridine rings is 1. The molecule has 0 saturated heterocycles. The number of hydrogen-bond acceptors (Lipinski definition) is 6. The number of ether oxygens (including phenoxy) is 2. The molecule has 3 aromatic rings. The molecule has 0 spiro atoms. The van der Waals surface area contributed by atoms with Crippen LogP contribution in [0.15, 0.2) is 42.7 Å². The van der Waals surface area contributed by atoms with Gasteiger partial charge in [0.2, 0.25) is 5.82 Å². The van der Waals surface area contributed by atoms with Crippen molar-refractivity contribution in [3.8, 4) is 17.3 Å². The Labute approximate surface area is 173 Å². The molecule has 3 heterocycles. The van der Waals surface area contributed by atoms with E-state index >= 15 is 0 Å². The maximum atomic E-state index is 14.2. The second-order valence-electron chi connectivity index (χ2n) is 7.01. The number of halogens is 2. The van der Waals surface area contributed by atoms with Crippen LogP contribution in [0.2, 0.25) is 0 Å². The molecule has 1 atom stereocenters. The summed E-state index contributed by atoms with van der Waals surface area (Å²) in [5, 5.41) is 0. The molecule has 1 aromatic carbocycles. The van der Waals surface area contributed by atoms with Crippen molar-refractivity contribution < 1.29 is 18.3 Å². The average Bonchev–Trinajstić information content (AvgIpc) is 2.77. The molecule has 6 nitrogen and oxygen atoms in total. The van der Waals surface area contributed by atoms with E-state index in [4.69, 9.17) is 9.47 Å². The molecule has 0 amide bonds. The van der Waals surface area contributed by atoms with Crippen LogP contribution in [0.5, 0.6) is 5.75 Å². The van der Waals surface area contributed by atoms with Gasteiger partial charge in [0, 0.05) is 55.9 Å². The summed E-state index contributed by atoms with van der Waals surface area (Å²) < 4.78 is 38.6. The number of nitrogens with zero attached hydrogens (tertiary/aromatic N) is 4. The van der Waals surface area contributed by atoms with Crippen LogP contribution in [0, 0.1) is 11.6 Å². The van der Waals surface area contributed by atoms with Crippen LogP contribution in [0.4, 0.5) is 14.5 Å². The lowest BCUT2D eigenvalue weighted by Crippen LogP contribution is -2.35. The van der Waals surface area contributed by atoms with Crippen molar-refractivity contribution in [1.29, 1.82) is 0 Å². The highest BCUT2D eigenvalue weighted by Gasteiger charge is 2.27. The van der Waals surface area contributed by atoms with Gasteiger partial charge in [0.25, 0.3) is 0 Å². The Morgan fingerprint density at radius 3 is 2.80 bits per heavy atom. The van der Waals surface area contributed by atoms with Crippen LogP contribution in [0.25, 0.3) is 11.5 Å². The number of hydrogen-bond donors (Lipinski definition) is 0. The van der Waals surface area contributed by atoms with E-state index in [-0.39, 0.29) is 25.0 Å². The smallest absolute Gasteiger partial charge is 0.200 e. The summed E-state index contributed by atoms with van der Waals surface area (Å²) in [4.78, 5) is 15.5. The van der Waals surface area contributed by atoms with Crippen molar-refractivity contribution in [2.75, 3.05) is 31.8 Å². The zero-order chi connectivity index (χ0) is 21.1. The lowest BCUT2D eigenvalue weighted by molar-refractivity contribution is 0.143. The predicted octanol–water partition coefficient (Wildman–Crippen LogP) is 3.97. The van der Waals surface area contributed by atoms with Crippen LogP contribution in [-0.4, -0.2) is 41.8 Å². The number of rotatable bonds is 6. The van der Waals surface area contributed by atoms with E-state index in [1.54, 1.807) is 12.4 Å². The Hall–Kier alpha value is -3.13. The summed E-state index contributed by atoms with van der Waals surface area (Å²) in [6.45, 7) is 3.03. The van der Waals surface area contributed by atoms with Crippen molar-refractivity contribution in [3.05, 3.63) is 65.6 Å². The number of benzene rings is 1. The Kier molecular flexibility index (Phi) is 5.85. The minimum atomic E-state index is -0.997. The maximum Gasteiger partial charge on any atom is 0.200 e. The summed E-state index contributed by atoms with van der Waals surface area (Å²) in [7, 11) is 1.52. The van der Waals surface area contributed by atoms with E-state index in [1.165, 1.54) is 19.2 Å². The predicted molar refractivity (Wildman–Crippen MR) is 108 cm³/mol. The summed E-state index contributed by atoms with van der Waals surface area (Å²) in [6, 6.07) is 8.22. The second-order valence-corrected chi connectivity index (χ2v) is 7.01. The van der Waals surface area contributed by atoms with Gasteiger partial charge >= 0.3 is 0 Å². The number of aromatic nitrogens is 3. The summed E-state index contributed by atoms with van der Waals surface area (Å²) in [5.74, 6) is -1.48. The van der Waals surface area contributed by atoms with E-state index in [1.807, 2.05) is 30.0 Å². The molecular weight excluding hydrogens is 390 g/mol. The first-order valence-electron chi connectivity index (χ1n) is 9.73. The normalized spacial score (nSPS) is 15.7. The van der Waals surface area contributed by atoms with Gasteiger partial charge in [-0.2, -0.15) is 4.39 Å². The minimum Gasteiger partial charge on any atom is -0.488 e. The van der Waals surface area contributed by atoms with Gasteiger partial charge in [-0.05, 0) is 19.1 Å². The van der Waals surface area contributed by atoms with Crippen molar-refractivity contribution in [1.82, 2.24) is 15.0 Å². The third-order valence-corrected chi connectivity index (χ3v) is 5.16. The molecule has 1 aliphatic rings. The molecular formula is C22H22F2N4O2. The van der Waals surface area contributed by atoms with Crippen molar-refractivity contribution >= 4 is 5.69 Å². The monoisotopic (exact) mass is 412 g/mol. The third-order valence-electron chi connectivity index (χ3n) is 5.16. The number of fused-ring (bicyclic) bond motifs is 1. The minimum absolute atomic E-state index is 0.108. The largest absolute Gasteiger partial charge is 0.488 e. The van der Waals surface area contributed by atoms with Gasteiger partial charge in [-0.3, -0.25) is 4.98 Å². The Morgan fingerprint density at radius 2 is 2.03 bits per heavy atom. The van der Waals surface area contributed by atoms with Gasteiger partial charge < -0.3 is 14.4 Å². The molecule has 0 N–H and O–H groups in total. The number of methoxy groups -OCH3 is 1. The first kappa shape index (κ1) is 20.2. The lowest BCUT2D eigenvalue weighted by atomic mass is 9.98. The molecule has 1 aliphatic heterocycles. The molecule has 2 aromatic heterocycles. The summed E-state index contributed by atoms with van der Waals surface area (Å²) >= 11 is 0. The fraction of sp³-hybridized carbons (Fsp3) is 0.318. The van der Waals surface area contributed by atoms with Gasteiger partial charge in [-0.15, -0.1) is 0 Å². The highest BCUT2D eigenvalue weighted by atomic mass is 19.2. The highest BCUT2D eigenvalue weighted by Crippen LogP contribution is 2.36. The van der Waals surface area contributed by atoms with Gasteiger partial charge in [-0.1, -0.05) is 6.07 Å². The molecule has 0 fully saturated rings. The molecule has 0 bridgehead atoms. The maximum absolute atomic E-state index is 14.2. The van der Waals surface area contributed by atoms with Crippen molar-refractivity contribution in [2.45, 2.75) is 19.4 Å². The summed E-state index contributed by atoms with van der Waals surface area (Å²) in [5.41, 5.74) is 3.16. The SMILES string of the molecule is COCCOc1cc(N2CCc3nc(-c4ccccn4)ncc3C2C)cc(F)c1F. The zero-order valence-corrected chi connectivity index (χ0v) is 16.8. The van der Waals surface area contributed by atoms with E-state index in [0.717, 1.165) is 11.3 Å². The van der Waals surface area contributed by atoms with E-state index in [9.17, 15) is 8.78 Å². The van der Waals surface area contributed by atoms with Gasteiger partial charge in [0.15, 0.2) is 17.4 Å². The van der Waals surface area contributed by atoms with Crippen LogP contribution in [0.3, 0.4) is 0 Å². The van der Waals surface area contributed by atoms with Crippen molar-refractivity contribution in [3.63, 3.8) is 0 Å². The first-order valence-corrected chi connectivity index (χ1v) is 9.73. The second kappa shape index (κ2) is 8.71. The van der Waals surface area contributed by atoms with Crippen molar-refractivity contribution in [2.24, 2.45) is 0 Å². The Bertz CT molecular complexity index is 1030. The topological polar surface area (TPSA) is 60.4 Å². The Morgan fingerprint density at radius 1 is 1.17 bits per heavy atom. The van der Waals surface area contributed by atoms with E-state index in [0.29, 0.717) is 30.2 Å². The molecule has 0 aliphatic carbocycles. The van der Waals surface area contributed by atoms with Gasteiger partial charge in [0.05, 0.1) is 18.3 Å². The first-order chi connectivity index (χ1) is 14.6. The fourth-order valence-electron chi connectivity index (χ4n) is 3.59. The van der Waals surface area contributed by atoms with Crippen LogP contribution >= 0.6 is 0 Å². The van der Waals surface area contributed by atoms with E-state index in [2.05, 4.69) is 15.0 Å². The third kappa shape index (κ3) is 3.95. The Balaban J connectivity index is 1.61. The highest BCUT2D eigenvalue weighted by molar-refractivity contribution is 5.56. The average molecular weight is 412 g/mol. The molecule has 0 saturated carbocycles.